The Morgan fingerprint density at radius 1 is 0.822 bits per heavy atom. The zero-order valence-electron chi connectivity index (χ0n) is 26.7. The number of rotatable bonds is 3. The summed E-state index contributed by atoms with van der Waals surface area (Å²) in [5, 5.41) is 0. The van der Waals surface area contributed by atoms with E-state index in [0.29, 0.717) is 51.4 Å². The average molecular weight is 613 g/mol. The highest BCUT2D eigenvalue weighted by Gasteiger charge is 2.30. The first-order valence-electron chi connectivity index (χ1n) is 16.1. The molecule has 0 radical (unpaired) electrons. The Balaban J connectivity index is 1.20. The lowest BCUT2D eigenvalue weighted by Gasteiger charge is -2.35. The smallest absolute Gasteiger partial charge is 0.253 e. The van der Waals surface area contributed by atoms with Crippen LogP contribution in [0.1, 0.15) is 45.7 Å². The lowest BCUT2D eigenvalue weighted by molar-refractivity contribution is -0.136. The lowest BCUT2D eigenvalue weighted by atomic mass is 9.95. The molecule has 2 bridgehead atoms. The molecule has 2 aromatic carbocycles. The van der Waals surface area contributed by atoms with Crippen LogP contribution in [0.3, 0.4) is 0 Å². The normalized spacial score (nSPS) is 18.7. The molecular weight excluding hydrogens is 568 g/mol. The third-order valence-corrected chi connectivity index (χ3v) is 9.07. The summed E-state index contributed by atoms with van der Waals surface area (Å²) in [6.45, 7) is 10.3. The van der Waals surface area contributed by atoms with Gasteiger partial charge in [0.25, 0.3) is 5.91 Å². The van der Waals surface area contributed by atoms with Gasteiger partial charge in [0.1, 0.15) is 12.4 Å². The number of carbonyl (C=O) groups is 2. The van der Waals surface area contributed by atoms with Crippen molar-refractivity contribution in [3.63, 3.8) is 0 Å². The predicted molar refractivity (Wildman–Crippen MR) is 174 cm³/mol. The molecule has 0 atom stereocenters. The maximum atomic E-state index is 13.9. The Kier molecular flexibility index (Phi) is 9.49. The number of hydrogen-bond acceptors (Lipinski definition) is 8. The number of hydrogen-bond donors (Lipinski definition) is 0. The minimum Gasteiger partial charge on any atom is -0.491 e. The number of aryl methyl sites for hydroxylation is 2. The fourth-order valence-corrected chi connectivity index (χ4v) is 6.52. The quantitative estimate of drug-likeness (QED) is 0.442. The molecule has 3 aliphatic rings. The first-order valence-corrected chi connectivity index (χ1v) is 16.1. The summed E-state index contributed by atoms with van der Waals surface area (Å²) in [6.07, 6.45) is 2.12. The summed E-state index contributed by atoms with van der Waals surface area (Å²) in [6, 6.07) is 16.2. The predicted octanol–water partition coefficient (Wildman–Crippen LogP) is 3.73. The minimum atomic E-state index is -0.0907. The van der Waals surface area contributed by atoms with Crippen molar-refractivity contribution in [2.24, 2.45) is 5.92 Å². The SMILES string of the molecule is Cc1cc(C)nc(N2CCC(C(=O)N3CCOc4ccc(N5CCOCC5)cc4Cc4cccc(c4)C(=O)N(C)CC3)CC2)n1. The van der Waals surface area contributed by atoms with E-state index < -0.39 is 0 Å². The van der Waals surface area contributed by atoms with Crippen molar-refractivity contribution in [3.8, 4) is 5.75 Å². The maximum Gasteiger partial charge on any atom is 0.253 e. The van der Waals surface area contributed by atoms with Crippen LogP contribution >= 0.6 is 0 Å². The zero-order valence-corrected chi connectivity index (χ0v) is 26.7. The van der Waals surface area contributed by atoms with Crippen molar-refractivity contribution in [2.75, 3.05) is 82.5 Å². The van der Waals surface area contributed by atoms with Gasteiger partial charge in [-0.1, -0.05) is 12.1 Å². The van der Waals surface area contributed by atoms with Crippen LogP contribution in [0.15, 0.2) is 48.5 Å². The number of fused-ring (bicyclic) bond motifs is 3. The van der Waals surface area contributed by atoms with Gasteiger partial charge in [-0.3, -0.25) is 9.59 Å². The van der Waals surface area contributed by atoms with Crippen LogP contribution in [0, 0.1) is 19.8 Å². The van der Waals surface area contributed by atoms with Gasteiger partial charge < -0.3 is 29.1 Å². The first-order chi connectivity index (χ1) is 21.8. The molecule has 10 heteroatoms. The zero-order chi connectivity index (χ0) is 31.3. The van der Waals surface area contributed by atoms with Crippen molar-refractivity contribution in [1.29, 1.82) is 0 Å². The number of amides is 2. The van der Waals surface area contributed by atoms with Crippen LogP contribution in [-0.4, -0.2) is 104 Å². The molecule has 6 rings (SSSR count). The van der Waals surface area contributed by atoms with Gasteiger partial charge in [0.15, 0.2) is 0 Å². The van der Waals surface area contributed by atoms with Crippen molar-refractivity contribution < 1.29 is 19.1 Å². The van der Waals surface area contributed by atoms with Gasteiger partial charge in [-0.05, 0) is 68.7 Å². The number of benzene rings is 2. The monoisotopic (exact) mass is 612 g/mol. The fourth-order valence-electron chi connectivity index (χ4n) is 6.52. The number of likely N-dealkylation sites (N-methyl/N-ethyl adjacent to an activating group) is 1. The van der Waals surface area contributed by atoms with Gasteiger partial charge in [-0.25, -0.2) is 9.97 Å². The van der Waals surface area contributed by atoms with Gasteiger partial charge in [0, 0.05) is 86.9 Å². The van der Waals surface area contributed by atoms with Crippen molar-refractivity contribution >= 4 is 23.5 Å². The van der Waals surface area contributed by atoms with Gasteiger partial charge in [0.2, 0.25) is 11.9 Å². The number of morpholine rings is 1. The van der Waals surface area contributed by atoms with Gasteiger partial charge in [-0.15, -0.1) is 0 Å². The first kappa shape index (κ1) is 30.8. The van der Waals surface area contributed by atoms with E-state index in [-0.39, 0.29) is 17.7 Å². The van der Waals surface area contributed by atoms with Gasteiger partial charge in [0.05, 0.1) is 19.8 Å². The Morgan fingerprint density at radius 2 is 1.58 bits per heavy atom. The molecule has 0 spiro atoms. The van der Waals surface area contributed by atoms with Crippen molar-refractivity contribution in [2.45, 2.75) is 33.1 Å². The van der Waals surface area contributed by atoms with Gasteiger partial charge >= 0.3 is 0 Å². The molecule has 238 valence electrons. The molecule has 0 saturated carbocycles. The summed E-state index contributed by atoms with van der Waals surface area (Å²) < 4.78 is 12.0. The van der Waals surface area contributed by atoms with Crippen molar-refractivity contribution in [1.82, 2.24) is 19.8 Å². The molecule has 45 heavy (non-hydrogen) atoms. The summed E-state index contributed by atoms with van der Waals surface area (Å²) in [7, 11) is 1.81. The summed E-state index contributed by atoms with van der Waals surface area (Å²) in [5.74, 6) is 1.54. The number of carbonyl (C=O) groups excluding carboxylic acids is 2. The van der Waals surface area contributed by atoms with Crippen LogP contribution in [0.4, 0.5) is 11.6 Å². The van der Waals surface area contributed by atoms with Crippen molar-refractivity contribution in [3.05, 3.63) is 76.6 Å². The Morgan fingerprint density at radius 3 is 2.33 bits per heavy atom. The molecule has 0 unspecified atom stereocenters. The van der Waals surface area contributed by atoms with Gasteiger partial charge in [-0.2, -0.15) is 0 Å². The average Bonchev–Trinajstić information content (AvgIpc) is 3.06. The maximum absolute atomic E-state index is 13.9. The summed E-state index contributed by atoms with van der Waals surface area (Å²) in [5.41, 5.74) is 5.81. The largest absolute Gasteiger partial charge is 0.491 e. The third-order valence-electron chi connectivity index (χ3n) is 9.07. The number of ether oxygens (including phenoxy) is 2. The van der Waals surface area contributed by atoms with E-state index in [1.54, 1.807) is 4.90 Å². The van der Waals surface area contributed by atoms with Crippen LogP contribution in [-0.2, 0) is 16.0 Å². The van der Waals surface area contributed by atoms with E-state index in [1.165, 1.54) is 0 Å². The molecule has 1 aromatic heterocycles. The molecule has 2 amide bonds. The molecule has 2 saturated heterocycles. The molecule has 4 heterocycles. The highest BCUT2D eigenvalue weighted by Crippen LogP contribution is 2.29. The molecule has 3 aromatic rings. The standard InChI is InChI=1S/C35H44N6O4/c1-25-21-26(2)37-35(36-25)41-11-9-28(10-12-41)34(43)40-14-13-38(3)33(42)29-6-4-5-27(22-29)23-30-24-31(39-15-18-44-19-16-39)7-8-32(30)45-20-17-40/h4-8,21-22,24,28H,9-20,23H2,1-3H3. The third kappa shape index (κ3) is 7.39. The van der Waals surface area contributed by atoms with Crippen LogP contribution in [0.2, 0.25) is 0 Å². The van der Waals surface area contributed by atoms with Crippen LogP contribution < -0.4 is 14.5 Å². The molecule has 0 aliphatic carbocycles. The second-order valence-electron chi connectivity index (χ2n) is 12.4. The van der Waals surface area contributed by atoms with E-state index in [0.717, 1.165) is 78.9 Å². The molecule has 2 fully saturated rings. The number of anilines is 2. The van der Waals surface area contributed by atoms with E-state index in [4.69, 9.17) is 9.47 Å². The van der Waals surface area contributed by atoms with E-state index >= 15 is 0 Å². The summed E-state index contributed by atoms with van der Waals surface area (Å²) >= 11 is 0. The highest BCUT2D eigenvalue weighted by atomic mass is 16.5. The van der Waals surface area contributed by atoms with Crippen LogP contribution in [0.5, 0.6) is 5.75 Å². The lowest BCUT2D eigenvalue weighted by Crippen LogP contribution is -2.47. The number of aromatic nitrogens is 2. The molecule has 0 N–H and O–H groups in total. The number of nitrogens with zero attached hydrogens (tertiary/aromatic N) is 6. The Labute approximate surface area is 265 Å². The Bertz CT molecular complexity index is 1500. The second-order valence-corrected chi connectivity index (χ2v) is 12.4. The topological polar surface area (TPSA) is 91.3 Å². The van der Waals surface area contributed by atoms with Crippen LogP contribution in [0.25, 0.3) is 0 Å². The highest BCUT2D eigenvalue weighted by molar-refractivity contribution is 5.94. The Hall–Kier alpha value is -4.18. The van der Waals surface area contributed by atoms with E-state index in [1.807, 2.05) is 56.1 Å². The summed E-state index contributed by atoms with van der Waals surface area (Å²) in [4.78, 5) is 44.8. The molecule has 10 nitrogen and oxygen atoms in total. The molecule has 3 aliphatic heterocycles. The number of piperidine rings is 1. The second kappa shape index (κ2) is 13.9. The van der Waals surface area contributed by atoms with E-state index in [2.05, 4.69) is 38.0 Å². The molecular formula is C35H44N6O4. The minimum absolute atomic E-state index is 0.0402. The fraction of sp³-hybridized carbons (Fsp3) is 0.486. The van der Waals surface area contributed by atoms with E-state index in [9.17, 15) is 9.59 Å².